The number of nitrogens with one attached hydrogen (secondary N) is 1. The summed E-state index contributed by atoms with van der Waals surface area (Å²) >= 11 is 1.58. The van der Waals surface area contributed by atoms with Crippen LogP contribution in [0.5, 0.6) is 5.75 Å². The van der Waals surface area contributed by atoms with Gasteiger partial charge in [-0.3, -0.25) is 4.79 Å². The summed E-state index contributed by atoms with van der Waals surface area (Å²) in [5.41, 5.74) is 0.965. The molecule has 2 N–H and O–H groups in total. The van der Waals surface area contributed by atoms with Gasteiger partial charge in [0.15, 0.2) is 5.76 Å². The summed E-state index contributed by atoms with van der Waals surface area (Å²) in [4.78, 5) is 14.1. The molecule has 9 nitrogen and oxygen atoms in total. The highest BCUT2D eigenvalue weighted by Gasteiger charge is 2.30. The molecule has 0 saturated carbocycles. The van der Waals surface area contributed by atoms with Crippen LogP contribution in [-0.2, 0) is 30.8 Å². The average Bonchev–Trinajstić information content (AvgIpc) is 3.51. The average molecular weight is 573 g/mol. The predicted octanol–water partition coefficient (Wildman–Crippen LogP) is 3.49. The Morgan fingerprint density at radius 1 is 1.10 bits per heavy atom. The van der Waals surface area contributed by atoms with Crippen LogP contribution in [0, 0.1) is 0 Å². The van der Waals surface area contributed by atoms with Gasteiger partial charge in [0.25, 0.3) is 5.91 Å². The van der Waals surface area contributed by atoms with E-state index in [2.05, 4.69) is 5.32 Å². The van der Waals surface area contributed by atoms with Gasteiger partial charge in [0.2, 0.25) is 16.3 Å². The number of benzene rings is 2. The quantitative estimate of drug-likeness (QED) is 0.322. The molecule has 2 heterocycles. The van der Waals surface area contributed by atoms with E-state index < -0.39 is 16.3 Å². The molecule has 2 atom stereocenters. The fraction of sp³-hybridized carbons (Fsp3) is 0.321. The summed E-state index contributed by atoms with van der Waals surface area (Å²) in [6.45, 7) is -0.0684. The number of methoxy groups -OCH3 is 1. The lowest BCUT2D eigenvalue weighted by atomic mass is 9.99. The number of amides is 1. The van der Waals surface area contributed by atoms with E-state index in [4.69, 9.17) is 14.2 Å². The molecule has 3 aromatic rings. The Bertz CT molecular complexity index is 1330. The Hall–Kier alpha value is -3.22. The number of aliphatic hydroxyl groups is 1. The van der Waals surface area contributed by atoms with Crippen molar-refractivity contribution in [2.75, 3.05) is 33.4 Å². The first kappa shape index (κ1) is 28.8. The van der Waals surface area contributed by atoms with Crippen LogP contribution >= 0.6 is 11.3 Å². The van der Waals surface area contributed by atoms with Crippen molar-refractivity contribution < 1.29 is 32.5 Å². The number of carbonyl (C=O) groups is 1. The Morgan fingerprint density at radius 3 is 2.54 bits per heavy atom. The van der Waals surface area contributed by atoms with E-state index >= 15 is 0 Å². The number of nitrogens with zero attached hydrogens (tertiary/aromatic N) is 1. The molecule has 0 aliphatic carbocycles. The molecule has 39 heavy (non-hydrogen) atoms. The lowest BCUT2D eigenvalue weighted by Crippen LogP contribution is -2.38. The highest BCUT2D eigenvalue weighted by molar-refractivity contribution is 7.89. The van der Waals surface area contributed by atoms with E-state index in [1.807, 2.05) is 47.8 Å². The third-order valence-electron chi connectivity index (χ3n) is 6.18. The molecule has 0 fully saturated rings. The van der Waals surface area contributed by atoms with Gasteiger partial charge in [0, 0.05) is 36.9 Å². The van der Waals surface area contributed by atoms with Gasteiger partial charge in [-0.2, -0.15) is 4.31 Å². The van der Waals surface area contributed by atoms with Gasteiger partial charge >= 0.3 is 0 Å². The molecule has 0 bridgehead atoms. The van der Waals surface area contributed by atoms with Gasteiger partial charge in [0.05, 0.1) is 25.2 Å². The lowest BCUT2D eigenvalue weighted by Gasteiger charge is -2.29. The summed E-state index contributed by atoms with van der Waals surface area (Å²) in [6, 6.07) is 19.6. The molecule has 4 rings (SSSR count). The van der Waals surface area contributed by atoms with Gasteiger partial charge in [-0.05, 0) is 47.4 Å². The fourth-order valence-corrected chi connectivity index (χ4v) is 6.36. The first-order valence-corrected chi connectivity index (χ1v) is 14.8. The summed E-state index contributed by atoms with van der Waals surface area (Å²) in [6.07, 6.45) is 1.53. The number of sulfonamides is 1. The largest absolute Gasteiger partial charge is 0.497 e. The Labute approximate surface area is 232 Å². The first-order chi connectivity index (χ1) is 18.9. The zero-order valence-electron chi connectivity index (χ0n) is 21.6. The van der Waals surface area contributed by atoms with Crippen LogP contribution < -0.4 is 10.1 Å². The second-order valence-corrected chi connectivity index (χ2v) is 11.7. The normalized spacial score (nSPS) is 17.4. The summed E-state index contributed by atoms with van der Waals surface area (Å²) in [5.74, 6) is 0.270. The van der Waals surface area contributed by atoms with Gasteiger partial charge in [0.1, 0.15) is 5.75 Å². The van der Waals surface area contributed by atoms with Crippen molar-refractivity contribution >= 4 is 27.3 Å². The third-order valence-corrected chi connectivity index (χ3v) is 9.09. The van der Waals surface area contributed by atoms with Crippen molar-refractivity contribution in [2.45, 2.75) is 30.1 Å². The molecule has 0 saturated heterocycles. The highest BCUT2D eigenvalue weighted by Crippen LogP contribution is 2.34. The number of carbonyl (C=O) groups excluding carboxylic acids is 1. The SMILES string of the molecule is COc1ccc(S(=O)(=O)N(CCO)CCO[C@@H]2C[C@H](c3cccs3)C=C(C(=O)NCc3ccccc3)O2)cc1. The molecule has 0 unspecified atom stereocenters. The van der Waals surface area contributed by atoms with Gasteiger partial charge in [-0.1, -0.05) is 36.4 Å². The van der Waals surface area contributed by atoms with Crippen molar-refractivity contribution in [1.82, 2.24) is 9.62 Å². The minimum Gasteiger partial charge on any atom is -0.497 e. The lowest BCUT2D eigenvalue weighted by molar-refractivity contribution is -0.146. The van der Waals surface area contributed by atoms with Crippen LogP contribution in [-0.4, -0.2) is 63.4 Å². The molecule has 0 radical (unpaired) electrons. The summed E-state index contributed by atoms with van der Waals surface area (Å²) in [5, 5.41) is 14.4. The van der Waals surface area contributed by atoms with Crippen LogP contribution in [0.4, 0.5) is 0 Å². The van der Waals surface area contributed by atoms with Crippen LogP contribution in [0.3, 0.4) is 0 Å². The van der Waals surface area contributed by atoms with E-state index in [1.165, 1.54) is 19.2 Å². The van der Waals surface area contributed by atoms with E-state index in [0.717, 1.165) is 14.7 Å². The smallest absolute Gasteiger partial charge is 0.286 e. The van der Waals surface area contributed by atoms with Crippen LogP contribution in [0.2, 0.25) is 0 Å². The van der Waals surface area contributed by atoms with E-state index in [-0.39, 0.29) is 48.8 Å². The summed E-state index contributed by atoms with van der Waals surface area (Å²) in [7, 11) is -2.37. The van der Waals surface area contributed by atoms with E-state index in [9.17, 15) is 18.3 Å². The van der Waals surface area contributed by atoms with Crippen LogP contribution in [0.15, 0.2) is 88.8 Å². The number of ether oxygens (including phenoxy) is 3. The molecule has 11 heteroatoms. The Morgan fingerprint density at radius 2 is 1.87 bits per heavy atom. The van der Waals surface area contributed by atoms with Gasteiger partial charge < -0.3 is 24.6 Å². The van der Waals surface area contributed by atoms with E-state index in [0.29, 0.717) is 18.7 Å². The molecule has 0 spiro atoms. The molecule has 1 amide bonds. The van der Waals surface area contributed by atoms with E-state index in [1.54, 1.807) is 29.5 Å². The standard InChI is InChI=1S/C28H32N2O7S2/c1-35-23-9-11-24(12-10-23)39(33,34)30(13-15-31)14-16-36-27-19-22(26-8-5-17-38-26)18-25(37-27)28(32)29-20-21-6-3-2-4-7-21/h2-12,17-18,22,27,31H,13-16,19-20H2,1H3,(H,29,32)/t22-,27+/m1/s1. The minimum atomic E-state index is -3.87. The third kappa shape index (κ3) is 7.68. The maximum atomic E-state index is 13.2. The maximum Gasteiger partial charge on any atom is 0.286 e. The van der Waals surface area contributed by atoms with Crippen molar-refractivity contribution in [3.63, 3.8) is 0 Å². The van der Waals surface area contributed by atoms with Crippen LogP contribution in [0.25, 0.3) is 0 Å². The van der Waals surface area contributed by atoms with Gasteiger partial charge in [-0.15, -0.1) is 11.3 Å². The molecular formula is C28H32N2O7S2. The van der Waals surface area contributed by atoms with Gasteiger partial charge in [-0.25, -0.2) is 8.42 Å². The monoisotopic (exact) mass is 572 g/mol. The first-order valence-electron chi connectivity index (χ1n) is 12.5. The Balaban J connectivity index is 1.41. The number of allylic oxidation sites excluding steroid dienone is 1. The predicted molar refractivity (Wildman–Crippen MR) is 148 cm³/mol. The zero-order valence-corrected chi connectivity index (χ0v) is 23.2. The van der Waals surface area contributed by atoms with Crippen molar-refractivity contribution in [3.05, 3.63) is 94.4 Å². The molecule has 208 valence electrons. The maximum absolute atomic E-state index is 13.2. The second kappa shape index (κ2) is 13.7. The molecule has 1 aromatic heterocycles. The molecule has 1 aliphatic heterocycles. The topological polar surface area (TPSA) is 114 Å². The van der Waals surface area contributed by atoms with Crippen molar-refractivity contribution in [3.8, 4) is 5.75 Å². The number of thiophene rings is 1. The minimum absolute atomic E-state index is 0.00228. The van der Waals surface area contributed by atoms with Crippen molar-refractivity contribution in [2.24, 2.45) is 0 Å². The second-order valence-electron chi connectivity index (χ2n) is 8.78. The number of rotatable bonds is 13. The zero-order chi connectivity index (χ0) is 27.7. The summed E-state index contributed by atoms with van der Waals surface area (Å²) < 4.78 is 44.5. The van der Waals surface area contributed by atoms with Crippen molar-refractivity contribution in [1.29, 1.82) is 0 Å². The Kier molecular flexibility index (Phi) is 10.1. The number of hydrogen-bond donors (Lipinski definition) is 2. The molecule has 2 aromatic carbocycles. The fourth-order valence-electron chi connectivity index (χ4n) is 4.13. The highest BCUT2D eigenvalue weighted by atomic mass is 32.2. The van der Waals surface area contributed by atoms with Crippen LogP contribution in [0.1, 0.15) is 22.8 Å². The molecular weight excluding hydrogens is 540 g/mol. The number of hydrogen-bond acceptors (Lipinski definition) is 8. The molecule has 1 aliphatic rings. The number of aliphatic hydroxyl groups excluding tert-OH is 1.